The standard InChI is InChI=1S/C54H105NO5/c1-3-5-7-9-11-13-15-17-18-19-20-21-22-23-28-32-36-40-44-48-54(59)60-49-45-41-37-33-29-25-24-27-31-35-39-43-47-53(58)55-51(50-56)52(57)46-42-38-34-30-26-16-14-12-10-8-6-4-2/h25,29,51-52,56-57H,3-24,26-28,30-50H2,1-2H3,(H,55,58)/b29-25-. The number of hydrogen-bond donors (Lipinski definition) is 3. The maximum atomic E-state index is 12.4. The van der Waals surface area contributed by atoms with Crippen molar-refractivity contribution in [3.8, 4) is 0 Å². The molecule has 0 spiro atoms. The lowest BCUT2D eigenvalue weighted by Crippen LogP contribution is -2.45. The second-order valence-electron chi connectivity index (χ2n) is 18.6. The van der Waals surface area contributed by atoms with Gasteiger partial charge in [0.25, 0.3) is 0 Å². The van der Waals surface area contributed by atoms with Gasteiger partial charge in [0.05, 0.1) is 25.4 Å². The molecule has 2 atom stereocenters. The van der Waals surface area contributed by atoms with Gasteiger partial charge in [-0.1, -0.05) is 238 Å². The Bertz CT molecular complexity index is 893. The van der Waals surface area contributed by atoms with Crippen molar-refractivity contribution in [3.05, 3.63) is 12.2 Å². The summed E-state index contributed by atoms with van der Waals surface area (Å²) in [6, 6.07) is -0.558. The molecule has 1 amide bonds. The Morgan fingerprint density at radius 2 is 0.783 bits per heavy atom. The van der Waals surface area contributed by atoms with E-state index >= 15 is 0 Å². The number of aliphatic hydroxyl groups is 2. The zero-order valence-corrected chi connectivity index (χ0v) is 40.5. The van der Waals surface area contributed by atoms with E-state index in [4.69, 9.17) is 4.74 Å². The summed E-state index contributed by atoms with van der Waals surface area (Å²) in [4.78, 5) is 24.5. The summed E-state index contributed by atoms with van der Waals surface area (Å²) >= 11 is 0. The molecule has 0 aliphatic carbocycles. The van der Waals surface area contributed by atoms with Crippen LogP contribution >= 0.6 is 0 Å². The summed E-state index contributed by atoms with van der Waals surface area (Å²) in [5.74, 6) is -0.0781. The van der Waals surface area contributed by atoms with E-state index in [2.05, 4.69) is 31.3 Å². The van der Waals surface area contributed by atoms with Gasteiger partial charge in [-0.05, 0) is 57.8 Å². The number of allylic oxidation sites excluding steroid dienone is 2. The van der Waals surface area contributed by atoms with Crippen LogP contribution in [-0.2, 0) is 14.3 Å². The van der Waals surface area contributed by atoms with Crippen molar-refractivity contribution in [2.24, 2.45) is 0 Å². The Kier molecular flexibility index (Phi) is 49.1. The highest BCUT2D eigenvalue weighted by molar-refractivity contribution is 5.76. The van der Waals surface area contributed by atoms with Gasteiger partial charge in [-0.25, -0.2) is 0 Å². The van der Waals surface area contributed by atoms with Crippen molar-refractivity contribution in [1.82, 2.24) is 5.32 Å². The van der Waals surface area contributed by atoms with E-state index in [1.54, 1.807) is 0 Å². The molecule has 0 aromatic heterocycles. The van der Waals surface area contributed by atoms with Crippen molar-refractivity contribution < 1.29 is 24.5 Å². The number of ether oxygens (including phenoxy) is 1. The smallest absolute Gasteiger partial charge is 0.305 e. The van der Waals surface area contributed by atoms with Crippen molar-refractivity contribution >= 4 is 11.9 Å². The van der Waals surface area contributed by atoms with Gasteiger partial charge in [-0.3, -0.25) is 9.59 Å². The van der Waals surface area contributed by atoms with Gasteiger partial charge in [0, 0.05) is 12.8 Å². The molecule has 0 aromatic rings. The molecule has 0 bridgehead atoms. The third kappa shape index (κ3) is 46.1. The van der Waals surface area contributed by atoms with Crippen molar-refractivity contribution in [2.45, 2.75) is 309 Å². The second-order valence-corrected chi connectivity index (χ2v) is 18.6. The number of nitrogens with one attached hydrogen (secondary N) is 1. The fraction of sp³-hybridized carbons (Fsp3) is 0.926. The molecule has 6 heteroatoms. The van der Waals surface area contributed by atoms with E-state index in [-0.39, 0.29) is 18.5 Å². The molecular formula is C54H105NO5. The minimum absolute atomic E-state index is 0.0179. The first kappa shape index (κ1) is 58.6. The topological polar surface area (TPSA) is 95.9 Å². The van der Waals surface area contributed by atoms with E-state index in [1.165, 1.54) is 186 Å². The van der Waals surface area contributed by atoms with Gasteiger partial charge < -0.3 is 20.3 Å². The summed E-state index contributed by atoms with van der Waals surface area (Å²) in [5, 5.41) is 23.1. The largest absolute Gasteiger partial charge is 0.466 e. The summed E-state index contributed by atoms with van der Waals surface area (Å²) < 4.78 is 5.46. The first-order valence-corrected chi connectivity index (χ1v) is 26.9. The maximum Gasteiger partial charge on any atom is 0.305 e. The Balaban J connectivity index is 3.45. The number of carbonyl (C=O) groups excluding carboxylic acids is 2. The molecular weight excluding hydrogens is 743 g/mol. The quantitative estimate of drug-likeness (QED) is 0.0322. The maximum absolute atomic E-state index is 12.4. The zero-order chi connectivity index (χ0) is 43.7. The summed E-state index contributed by atoms with van der Waals surface area (Å²) in [7, 11) is 0. The minimum atomic E-state index is -0.678. The van der Waals surface area contributed by atoms with Gasteiger partial charge in [-0.2, -0.15) is 0 Å². The lowest BCUT2D eigenvalue weighted by molar-refractivity contribution is -0.143. The van der Waals surface area contributed by atoms with E-state index in [1.807, 2.05) is 0 Å². The first-order chi connectivity index (χ1) is 29.5. The highest BCUT2D eigenvalue weighted by Gasteiger charge is 2.20. The number of carbonyl (C=O) groups is 2. The van der Waals surface area contributed by atoms with Gasteiger partial charge in [0.1, 0.15) is 0 Å². The molecule has 0 radical (unpaired) electrons. The van der Waals surface area contributed by atoms with Crippen molar-refractivity contribution in [2.75, 3.05) is 13.2 Å². The Morgan fingerprint density at radius 3 is 1.18 bits per heavy atom. The van der Waals surface area contributed by atoms with Crippen LogP contribution in [0.15, 0.2) is 12.2 Å². The summed E-state index contributed by atoms with van der Waals surface area (Å²) in [6.07, 6.45) is 57.6. The molecule has 2 unspecified atom stereocenters. The number of unbranched alkanes of at least 4 members (excludes halogenated alkanes) is 37. The van der Waals surface area contributed by atoms with Crippen LogP contribution in [0.4, 0.5) is 0 Å². The van der Waals surface area contributed by atoms with Crippen LogP contribution in [0.25, 0.3) is 0 Å². The van der Waals surface area contributed by atoms with Crippen LogP contribution in [0.3, 0.4) is 0 Å². The summed E-state index contributed by atoms with van der Waals surface area (Å²) in [6.45, 7) is 4.90. The SMILES string of the molecule is CCCCCCCCCCCCCCCCCCCCCC(=O)OCCCCC/C=C\CCCCCCCC(=O)NC(CO)C(O)CCCCCCCCCCCCCC. The first-order valence-electron chi connectivity index (χ1n) is 26.9. The fourth-order valence-corrected chi connectivity index (χ4v) is 8.40. The minimum Gasteiger partial charge on any atom is -0.466 e. The third-order valence-electron chi connectivity index (χ3n) is 12.6. The van der Waals surface area contributed by atoms with E-state index in [0.29, 0.717) is 25.9 Å². The fourth-order valence-electron chi connectivity index (χ4n) is 8.40. The molecule has 356 valence electrons. The van der Waals surface area contributed by atoms with Crippen LogP contribution in [0.5, 0.6) is 0 Å². The molecule has 0 fully saturated rings. The van der Waals surface area contributed by atoms with Gasteiger partial charge in [0.2, 0.25) is 5.91 Å². The average Bonchev–Trinajstić information content (AvgIpc) is 3.25. The zero-order valence-electron chi connectivity index (χ0n) is 40.5. The highest BCUT2D eigenvalue weighted by Crippen LogP contribution is 2.17. The Morgan fingerprint density at radius 1 is 0.450 bits per heavy atom. The molecule has 3 N–H and O–H groups in total. The monoisotopic (exact) mass is 848 g/mol. The lowest BCUT2D eigenvalue weighted by atomic mass is 10.0. The third-order valence-corrected chi connectivity index (χ3v) is 12.6. The van der Waals surface area contributed by atoms with Gasteiger partial charge >= 0.3 is 5.97 Å². The van der Waals surface area contributed by atoms with E-state index in [9.17, 15) is 19.8 Å². The normalized spacial score (nSPS) is 12.7. The molecule has 0 aromatic carbocycles. The van der Waals surface area contributed by atoms with Gasteiger partial charge in [0.15, 0.2) is 0 Å². The predicted octanol–water partition coefficient (Wildman–Crippen LogP) is 16.1. The van der Waals surface area contributed by atoms with Gasteiger partial charge in [-0.15, -0.1) is 0 Å². The van der Waals surface area contributed by atoms with Crippen LogP contribution in [0, 0.1) is 0 Å². The second kappa shape index (κ2) is 50.2. The van der Waals surface area contributed by atoms with E-state index < -0.39 is 12.1 Å². The summed E-state index contributed by atoms with van der Waals surface area (Å²) in [5.41, 5.74) is 0. The highest BCUT2D eigenvalue weighted by atomic mass is 16.5. The Hall–Kier alpha value is -1.40. The molecule has 60 heavy (non-hydrogen) atoms. The predicted molar refractivity (Wildman–Crippen MR) is 260 cm³/mol. The molecule has 6 nitrogen and oxygen atoms in total. The Labute approximate surface area is 374 Å². The van der Waals surface area contributed by atoms with Crippen LogP contribution in [-0.4, -0.2) is 47.4 Å². The average molecular weight is 848 g/mol. The number of amides is 1. The molecule has 0 rings (SSSR count). The molecule has 0 saturated carbocycles. The number of aliphatic hydroxyl groups excluding tert-OH is 2. The van der Waals surface area contributed by atoms with Crippen LogP contribution in [0.2, 0.25) is 0 Å². The molecule has 0 heterocycles. The van der Waals surface area contributed by atoms with Crippen LogP contribution in [0.1, 0.15) is 296 Å². The number of hydrogen-bond acceptors (Lipinski definition) is 5. The molecule has 0 saturated heterocycles. The number of esters is 1. The van der Waals surface area contributed by atoms with Crippen LogP contribution < -0.4 is 5.32 Å². The van der Waals surface area contributed by atoms with E-state index in [0.717, 1.165) is 77.0 Å². The number of rotatable bonds is 50. The molecule has 0 aliphatic heterocycles. The lowest BCUT2D eigenvalue weighted by Gasteiger charge is -2.22. The molecule has 0 aliphatic rings. The van der Waals surface area contributed by atoms with Crippen molar-refractivity contribution in [3.63, 3.8) is 0 Å². The van der Waals surface area contributed by atoms with Crippen molar-refractivity contribution in [1.29, 1.82) is 0 Å².